The summed E-state index contributed by atoms with van der Waals surface area (Å²) in [5.74, 6) is -0.678. The van der Waals surface area contributed by atoms with Crippen LogP contribution in [0.1, 0.15) is 23.8 Å². The van der Waals surface area contributed by atoms with Crippen molar-refractivity contribution in [2.75, 3.05) is 19.8 Å². The van der Waals surface area contributed by atoms with Crippen molar-refractivity contribution < 1.29 is 33.2 Å². The molecule has 1 fully saturated rings. The van der Waals surface area contributed by atoms with Gasteiger partial charge in [-0.05, 0) is 29.8 Å². The van der Waals surface area contributed by atoms with Gasteiger partial charge in [0, 0.05) is 18.5 Å². The van der Waals surface area contributed by atoms with Gasteiger partial charge in [0.25, 0.3) is 5.91 Å². The van der Waals surface area contributed by atoms with E-state index in [9.17, 15) is 14.7 Å². The number of Topliss-reactive ketones (excluding diaryl/α,β-unsaturated/α-hetero) is 1. The van der Waals surface area contributed by atoms with Gasteiger partial charge in [-0.25, -0.2) is 4.57 Å². The lowest BCUT2D eigenvalue weighted by atomic mass is 9.99. The van der Waals surface area contributed by atoms with Gasteiger partial charge in [-0.2, -0.15) is 0 Å². The number of ether oxygens (including phenoxy) is 2. The number of benzene rings is 1. The molecule has 1 amide bonds. The number of ketones is 1. The highest BCUT2D eigenvalue weighted by Crippen LogP contribution is 2.40. The predicted octanol–water partition coefficient (Wildman–Crippen LogP) is 0.981. The molecule has 0 saturated carbocycles. The first-order chi connectivity index (χ1) is 15.6. The molecule has 0 bridgehead atoms. The zero-order chi connectivity index (χ0) is 22.1. The second kappa shape index (κ2) is 8.26. The van der Waals surface area contributed by atoms with E-state index < -0.39 is 23.5 Å². The van der Waals surface area contributed by atoms with Crippen LogP contribution in [0.4, 0.5) is 0 Å². The SMILES string of the molecule is O=C1C(=O)N(CCC[n+]2cc[nH]c2)C(c2ccco2)/C1=C(\[O-])c1ccc2c(c1)OCCO2. The Morgan fingerprint density at radius 3 is 2.78 bits per heavy atom. The quantitative estimate of drug-likeness (QED) is 0.267. The number of aromatic nitrogens is 2. The van der Waals surface area contributed by atoms with Gasteiger partial charge in [-0.1, -0.05) is 11.8 Å². The Hall–Kier alpha value is -4.01. The average molecular weight is 435 g/mol. The predicted molar refractivity (Wildman–Crippen MR) is 108 cm³/mol. The number of fused-ring (bicyclic) bond motifs is 1. The normalized spacial score (nSPS) is 19.5. The molecule has 2 aliphatic rings. The second-order valence-corrected chi connectivity index (χ2v) is 7.55. The highest BCUT2D eigenvalue weighted by atomic mass is 16.6. The van der Waals surface area contributed by atoms with Crippen LogP contribution >= 0.6 is 0 Å². The maximum Gasteiger partial charge on any atom is 0.295 e. The van der Waals surface area contributed by atoms with Crippen LogP contribution in [0.15, 0.2) is 65.3 Å². The standard InChI is InChI=1S/C23H21N3O6/c27-21(15-4-5-16-18(13-15)32-12-11-31-16)19-20(17-3-1-10-30-17)26(23(29)22(19)28)8-2-7-25-9-6-24-14-25/h1,3-6,9-10,13-14,20H,2,7-8,11-12H2,(H,27,28). The van der Waals surface area contributed by atoms with E-state index in [-0.39, 0.29) is 11.1 Å². The number of aromatic amines is 1. The number of hydrogen-bond acceptors (Lipinski definition) is 6. The maximum absolute atomic E-state index is 13.4. The molecule has 164 valence electrons. The molecule has 5 rings (SSSR count). The summed E-state index contributed by atoms with van der Waals surface area (Å²) < 4.78 is 18.5. The number of nitrogens with zero attached hydrogens (tertiary/aromatic N) is 2. The molecule has 0 spiro atoms. The molecule has 2 aromatic heterocycles. The number of furan rings is 1. The summed E-state index contributed by atoms with van der Waals surface area (Å²) in [4.78, 5) is 30.2. The van der Waals surface area contributed by atoms with E-state index in [4.69, 9.17) is 13.9 Å². The number of likely N-dealkylation sites (tertiary alicyclic amines) is 1. The molecule has 9 heteroatoms. The van der Waals surface area contributed by atoms with Gasteiger partial charge in [-0.3, -0.25) is 14.6 Å². The van der Waals surface area contributed by atoms with Crippen molar-refractivity contribution >= 4 is 17.4 Å². The monoisotopic (exact) mass is 435 g/mol. The molecule has 0 radical (unpaired) electrons. The first kappa shape index (κ1) is 19.9. The summed E-state index contributed by atoms with van der Waals surface area (Å²) >= 11 is 0. The Kier molecular flexibility index (Phi) is 5.14. The number of rotatable bonds is 6. The van der Waals surface area contributed by atoms with E-state index in [0.717, 1.165) is 0 Å². The molecular weight excluding hydrogens is 414 g/mol. The topological polar surface area (TPSA) is 112 Å². The van der Waals surface area contributed by atoms with E-state index in [0.29, 0.717) is 50.0 Å². The Balaban J connectivity index is 1.49. The Labute approximate surface area is 183 Å². The number of H-pyrrole nitrogens is 1. The third-order valence-electron chi connectivity index (χ3n) is 5.56. The Morgan fingerprint density at radius 1 is 1.19 bits per heavy atom. The number of nitrogens with one attached hydrogen (secondary N) is 1. The smallest absolute Gasteiger partial charge is 0.295 e. The first-order valence-corrected chi connectivity index (χ1v) is 10.3. The van der Waals surface area contributed by atoms with Crippen molar-refractivity contribution in [1.29, 1.82) is 0 Å². The van der Waals surface area contributed by atoms with Crippen molar-refractivity contribution in [3.63, 3.8) is 0 Å². The Bertz CT molecular complexity index is 1170. The molecule has 1 saturated heterocycles. The number of imidazole rings is 1. The van der Waals surface area contributed by atoms with Gasteiger partial charge in [0.2, 0.25) is 12.1 Å². The van der Waals surface area contributed by atoms with Crippen LogP contribution in [-0.2, 0) is 16.1 Å². The maximum atomic E-state index is 13.4. The van der Waals surface area contributed by atoms with Gasteiger partial charge in [0.15, 0.2) is 11.5 Å². The van der Waals surface area contributed by atoms with Crippen molar-refractivity contribution in [3.05, 3.63) is 72.2 Å². The van der Waals surface area contributed by atoms with Gasteiger partial charge in [0.1, 0.15) is 37.4 Å². The molecule has 3 aromatic rings. The summed E-state index contributed by atoms with van der Waals surface area (Å²) in [5, 5.41) is 13.4. The molecule has 1 unspecified atom stereocenters. The van der Waals surface area contributed by atoms with Crippen LogP contribution < -0.4 is 19.1 Å². The van der Waals surface area contributed by atoms with E-state index >= 15 is 0 Å². The third kappa shape index (κ3) is 3.51. The zero-order valence-electron chi connectivity index (χ0n) is 17.2. The van der Waals surface area contributed by atoms with Crippen molar-refractivity contribution in [1.82, 2.24) is 9.88 Å². The van der Waals surface area contributed by atoms with Crippen LogP contribution in [0, 0.1) is 0 Å². The first-order valence-electron chi connectivity index (χ1n) is 10.3. The summed E-state index contributed by atoms with van der Waals surface area (Å²) in [5.41, 5.74) is 0.141. The summed E-state index contributed by atoms with van der Waals surface area (Å²) in [6.07, 6.45) is 7.55. The fraction of sp³-hybridized carbons (Fsp3) is 0.261. The molecule has 4 heterocycles. The molecule has 1 aromatic carbocycles. The fourth-order valence-corrected chi connectivity index (χ4v) is 4.07. The Morgan fingerprint density at radius 2 is 2.03 bits per heavy atom. The second-order valence-electron chi connectivity index (χ2n) is 7.55. The largest absolute Gasteiger partial charge is 0.872 e. The molecule has 9 nitrogen and oxygen atoms in total. The molecule has 0 aliphatic carbocycles. The van der Waals surface area contributed by atoms with Crippen LogP contribution in [0.5, 0.6) is 11.5 Å². The van der Waals surface area contributed by atoms with Crippen LogP contribution in [0.2, 0.25) is 0 Å². The molecule has 32 heavy (non-hydrogen) atoms. The number of hydrogen-bond donors (Lipinski definition) is 1. The molecule has 1 N–H and O–H groups in total. The van der Waals surface area contributed by atoms with E-state index in [2.05, 4.69) is 4.98 Å². The van der Waals surface area contributed by atoms with Gasteiger partial charge in [0.05, 0.1) is 12.8 Å². The lowest BCUT2D eigenvalue weighted by molar-refractivity contribution is -0.695. The summed E-state index contributed by atoms with van der Waals surface area (Å²) in [6.45, 7) is 1.76. The van der Waals surface area contributed by atoms with Crippen LogP contribution in [0.25, 0.3) is 5.76 Å². The molecule has 2 aliphatic heterocycles. The van der Waals surface area contributed by atoms with E-state index in [1.54, 1.807) is 36.5 Å². The lowest BCUT2D eigenvalue weighted by Crippen LogP contribution is -2.36. The third-order valence-corrected chi connectivity index (χ3v) is 5.56. The lowest BCUT2D eigenvalue weighted by Gasteiger charge is -2.26. The summed E-state index contributed by atoms with van der Waals surface area (Å²) in [7, 11) is 0. The van der Waals surface area contributed by atoms with E-state index in [1.165, 1.54) is 11.2 Å². The van der Waals surface area contributed by atoms with Crippen molar-refractivity contribution in [3.8, 4) is 11.5 Å². The molecular formula is C23H21N3O6. The van der Waals surface area contributed by atoms with Gasteiger partial charge < -0.3 is 23.9 Å². The summed E-state index contributed by atoms with van der Waals surface area (Å²) in [6, 6.07) is 7.22. The van der Waals surface area contributed by atoms with Crippen molar-refractivity contribution in [2.24, 2.45) is 0 Å². The number of carbonyl (C=O) groups excluding carboxylic acids is 2. The van der Waals surface area contributed by atoms with Crippen LogP contribution in [0.3, 0.4) is 0 Å². The number of carbonyl (C=O) groups is 2. The highest BCUT2D eigenvalue weighted by molar-refractivity contribution is 6.46. The zero-order valence-corrected chi connectivity index (χ0v) is 17.2. The van der Waals surface area contributed by atoms with Crippen LogP contribution in [-0.4, -0.2) is 41.3 Å². The minimum atomic E-state index is -0.873. The van der Waals surface area contributed by atoms with Crippen molar-refractivity contribution in [2.45, 2.75) is 19.0 Å². The highest BCUT2D eigenvalue weighted by Gasteiger charge is 2.45. The minimum absolute atomic E-state index is 0.115. The van der Waals surface area contributed by atoms with E-state index in [1.807, 2.05) is 17.1 Å². The average Bonchev–Trinajstić information content (AvgIpc) is 3.57. The minimum Gasteiger partial charge on any atom is -0.872 e. The molecule has 1 atom stereocenters. The van der Waals surface area contributed by atoms with Gasteiger partial charge >= 0.3 is 0 Å². The number of amides is 1. The number of aryl methyl sites for hydroxylation is 1. The fourth-order valence-electron chi connectivity index (χ4n) is 4.07. The van der Waals surface area contributed by atoms with Gasteiger partial charge in [-0.15, -0.1) is 0 Å².